The quantitative estimate of drug-likeness (QED) is 0.246. The van der Waals surface area contributed by atoms with Crippen LogP contribution in [0.1, 0.15) is 0 Å². The van der Waals surface area contributed by atoms with Gasteiger partial charge >= 0.3 is 24.0 Å². The van der Waals surface area contributed by atoms with Gasteiger partial charge in [0.05, 0.1) is 0 Å². The lowest BCUT2D eigenvalue weighted by atomic mass is 13.1. The third kappa shape index (κ3) is 2990. The van der Waals surface area contributed by atoms with Crippen molar-refractivity contribution in [2.45, 2.75) is 0 Å². The molecule has 0 aliphatic heterocycles. The van der Waals surface area contributed by atoms with E-state index in [4.69, 9.17) is 15.3 Å². The lowest BCUT2D eigenvalue weighted by Crippen LogP contribution is -3.00. The molecule has 0 fully saturated rings. The molecule has 0 spiro atoms. The fourth-order valence-corrected chi connectivity index (χ4v) is 0. The van der Waals surface area contributed by atoms with Gasteiger partial charge in [0, 0.05) is 0 Å². The first kappa shape index (κ1) is 8.87. The molecule has 0 aromatic rings. The molecule has 0 heterocycles. The van der Waals surface area contributed by atoms with Crippen LogP contribution in [0.3, 0.4) is 0 Å². The van der Waals surface area contributed by atoms with Gasteiger partial charge in [-0.2, -0.15) is 0 Å². The normalized spacial score (nSPS) is 4.80. The second-order valence-electron chi connectivity index (χ2n) is 0.238. The predicted molar refractivity (Wildman–Crippen MR) is 8.78 cm³/mol. The van der Waals surface area contributed by atoms with Gasteiger partial charge in [0.1, 0.15) is 0 Å². The Morgan fingerprint density at radius 1 is 1.80 bits per heavy atom. The van der Waals surface area contributed by atoms with Gasteiger partial charge in [-0.15, -0.1) is 10.1 Å². The first-order chi connectivity index (χ1) is 1.73. The summed E-state index contributed by atoms with van der Waals surface area (Å²) in [5.74, 6) is 0. The average molecular weight is 190 g/mol. The van der Waals surface area contributed by atoms with Crippen molar-refractivity contribution in [3.8, 4) is 0 Å². The minimum atomic E-state index is -1.50. The maximum absolute atomic E-state index is 8.36. The summed E-state index contributed by atoms with van der Waals surface area (Å²) in [4.78, 5) is 8.36. The molecule has 0 amide bonds. The molecule has 0 aromatic heterocycles. The van der Waals surface area contributed by atoms with Gasteiger partial charge in [0.2, 0.25) is 0 Å². The van der Waals surface area contributed by atoms with Crippen molar-refractivity contribution >= 4 is 0 Å². The lowest BCUT2D eigenvalue weighted by Gasteiger charge is -1.56. The van der Waals surface area contributed by atoms with Crippen molar-refractivity contribution in [1.29, 1.82) is 0 Å². The van der Waals surface area contributed by atoms with E-state index in [1.807, 2.05) is 0 Å². The van der Waals surface area contributed by atoms with Crippen LogP contribution in [-0.4, -0.2) is 10.3 Å². The molecule has 0 unspecified atom stereocenters. The van der Waals surface area contributed by atoms with E-state index >= 15 is 0 Å². The number of hydrogen-bond donors (Lipinski definition) is 1. The van der Waals surface area contributed by atoms with Gasteiger partial charge in [-0.3, -0.25) is 0 Å². The molecule has 0 aliphatic carbocycles. The topological polar surface area (TPSA) is 63.4 Å². The Morgan fingerprint density at radius 3 is 1.80 bits per heavy atom. The molecule has 0 aromatic carbocycles. The molecule has 30 valence electrons. The van der Waals surface area contributed by atoms with Crippen LogP contribution in [0, 0.1) is 10.1 Å². The van der Waals surface area contributed by atoms with Gasteiger partial charge < -0.3 is 5.21 Å². The fourth-order valence-electron chi connectivity index (χ4n) is 0. The summed E-state index contributed by atoms with van der Waals surface area (Å²) >= 11 is 0. The fraction of sp³-hybridized carbons (Fsp3) is 0. The molecule has 0 aliphatic rings. The molecule has 0 bridgehead atoms. The van der Waals surface area contributed by atoms with Crippen LogP contribution in [0.5, 0.6) is 0 Å². The van der Waals surface area contributed by atoms with Gasteiger partial charge in [-0.05, 0) is 0 Å². The molecule has 1 N–H and O–H groups in total. The maximum atomic E-state index is 8.36. The van der Waals surface area contributed by atoms with Crippen LogP contribution in [0.2, 0.25) is 0 Å². The van der Waals surface area contributed by atoms with E-state index in [-0.39, 0.29) is 24.0 Å². The van der Waals surface area contributed by atoms with Crippen LogP contribution < -0.4 is 24.0 Å². The number of rotatable bonds is 0. The summed E-state index contributed by atoms with van der Waals surface area (Å²) in [7, 11) is 0. The average Bonchev–Trinajstić information content (AvgIpc) is 0.811. The number of nitrogens with zero attached hydrogens (tertiary/aromatic N) is 1. The zero-order valence-electron chi connectivity index (χ0n) is 2.09. The lowest BCUT2D eigenvalue weighted by molar-refractivity contribution is -0.742. The van der Waals surface area contributed by atoms with Crippen molar-refractivity contribution in [2.75, 3.05) is 0 Å². The third-order valence-electron chi connectivity index (χ3n) is 0. The molecular formula is HINO3+. The highest BCUT2D eigenvalue weighted by Gasteiger charge is 1.65. The summed E-state index contributed by atoms with van der Waals surface area (Å²) in [6, 6.07) is 0. The Morgan fingerprint density at radius 2 is 1.80 bits per heavy atom. The highest BCUT2D eigenvalue weighted by atomic mass is 127. The summed E-state index contributed by atoms with van der Waals surface area (Å²) in [5.41, 5.74) is 0. The first-order valence-electron chi connectivity index (χ1n) is 0.565. The summed E-state index contributed by atoms with van der Waals surface area (Å²) in [6.45, 7) is 0. The monoisotopic (exact) mass is 190 g/mol. The molecule has 0 saturated carbocycles. The van der Waals surface area contributed by atoms with Crippen molar-refractivity contribution in [3.05, 3.63) is 10.1 Å². The summed E-state index contributed by atoms with van der Waals surface area (Å²) < 4.78 is 0. The Labute approximate surface area is 44.9 Å². The maximum Gasteiger partial charge on any atom is 1.00 e. The van der Waals surface area contributed by atoms with Crippen LogP contribution in [0.15, 0.2) is 0 Å². The van der Waals surface area contributed by atoms with Crippen LogP contribution in [0.4, 0.5) is 0 Å². The Balaban J connectivity index is 0. The van der Waals surface area contributed by atoms with Crippen molar-refractivity contribution in [2.24, 2.45) is 0 Å². The first-order valence-corrected chi connectivity index (χ1v) is 0.565. The van der Waals surface area contributed by atoms with Crippen molar-refractivity contribution in [1.82, 2.24) is 0 Å². The highest BCUT2D eigenvalue weighted by Crippen LogP contribution is 1.38. The van der Waals surface area contributed by atoms with E-state index in [1.165, 1.54) is 0 Å². The minimum absolute atomic E-state index is 0. The molecule has 5 heavy (non-hydrogen) atoms. The van der Waals surface area contributed by atoms with E-state index in [9.17, 15) is 0 Å². The van der Waals surface area contributed by atoms with Gasteiger partial charge in [0.25, 0.3) is 5.09 Å². The SMILES string of the molecule is O=[N+]([O-])O.[I+]. The molecule has 0 rings (SSSR count). The van der Waals surface area contributed by atoms with Crippen molar-refractivity contribution < 1.29 is 34.3 Å². The number of halogens is 1. The summed E-state index contributed by atoms with van der Waals surface area (Å²) in [5, 5.41) is 13.6. The molecule has 2 radical (unpaired) electrons. The van der Waals surface area contributed by atoms with Gasteiger partial charge in [-0.1, -0.05) is 0 Å². The zero-order valence-corrected chi connectivity index (χ0v) is 4.25. The van der Waals surface area contributed by atoms with Crippen molar-refractivity contribution in [3.63, 3.8) is 0 Å². The zero-order chi connectivity index (χ0) is 3.58. The van der Waals surface area contributed by atoms with E-state index in [0.29, 0.717) is 0 Å². The van der Waals surface area contributed by atoms with E-state index in [0.717, 1.165) is 0 Å². The molecular weight excluding hydrogens is 189 g/mol. The largest absolute Gasteiger partial charge is 1.00 e. The Kier molecular flexibility index (Phi) is 6.97. The smallest absolute Gasteiger partial charge is 0.328 e. The minimum Gasteiger partial charge on any atom is -0.328 e. The Bertz CT molecular complexity index is 29.9. The molecule has 0 saturated heterocycles. The van der Waals surface area contributed by atoms with Gasteiger partial charge in [-0.25, -0.2) is 0 Å². The number of hydrogen-bond acceptors (Lipinski definition) is 2. The van der Waals surface area contributed by atoms with E-state index < -0.39 is 5.09 Å². The second-order valence-corrected chi connectivity index (χ2v) is 0.238. The molecule has 4 nitrogen and oxygen atoms in total. The van der Waals surface area contributed by atoms with E-state index in [2.05, 4.69) is 0 Å². The highest BCUT2D eigenvalue weighted by molar-refractivity contribution is 3.83. The predicted octanol–water partition coefficient (Wildman–Crippen LogP) is -3.34. The van der Waals surface area contributed by atoms with E-state index in [1.54, 1.807) is 0 Å². The van der Waals surface area contributed by atoms with Crippen LogP contribution in [0.25, 0.3) is 0 Å². The molecule has 5 heteroatoms. The summed E-state index contributed by atoms with van der Waals surface area (Å²) in [6.07, 6.45) is 0. The molecule has 0 atom stereocenters. The van der Waals surface area contributed by atoms with Crippen LogP contribution in [-0.2, 0) is 0 Å². The third-order valence-corrected chi connectivity index (χ3v) is 0. The van der Waals surface area contributed by atoms with Gasteiger partial charge in [0.15, 0.2) is 0 Å². The van der Waals surface area contributed by atoms with Crippen LogP contribution >= 0.6 is 0 Å². The second kappa shape index (κ2) is 3.93. The standard InChI is InChI=1S/I.HNO3/c;2-1(3)4/h;(H,2,3,4)/q+1;. The Hall–Kier alpha value is -0.0700.